The van der Waals surface area contributed by atoms with Gasteiger partial charge in [-0.05, 0) is 31.0 Å². The lowest BCUT2D eigenvalue weighted by atomic mass is 10.1. The van der Waals surface area contributed by atoms with Gasteiger partial charge in [0.25, 0.3) is 0 Å². The van der Waals surface area contributed by atoms with Crippen molar-refractivity contribution in [3.05, 3.63) is 34.5 Å². The average Bonchev–Trinajstić information content (AvgIpc) is 2.49. The van der Waals surface area contributed by atoms with Crippen LogP contribution in [0.4, 0.5) is 5.69 Å². The highest BCUT2D eigenvalue weighted by Gasteiger charge is 2.19. The number of anilines is 1. The van der Waals surface area contributed by atoms with E-state index in [4.69, 9.17) is 11.6 Å². The number of nitrogens with zero attached hydrogens (tertiary/aromatic N) is 2. The van der Waals surface area contributed by atoms with Gasteiger partial charge in [0.1, 0.15) is 0 Å². The van der Waals surface area contributed by atoms with Crippen LogP contribution in [-0.2, 0) is 6.42 Å². The van der Waals surface area contributed by atoms with E-state index in [9.17, 15) is 0 Å². The number of hydrogen-bond donors (Lipinski definition) is 1. The number of hydrogen-bond acceptors (Lipinski definition) is 3. The maximum atomic E-state index is 6.58. The molecule has 0 atom stereocenters. The van der Waals surface area contributed by atoms with Crippen LogP contribution in [-0.4, -0.2) is 31.2 Å². The summed E-state index contributed by atoms with van der Waals surface area (Å²) in [5.74, 6) is 0. The predicted molar refractivity (Wildman–Crippen MR) is 86.0 cm³/mol. The minimum Gasteiger partial charge on any atom is -0.367 e. The van der Waals surface area contributed by atoms with E-state index in [1.807, 2.05) is 6.92 Å². The van der Waals surface area contributed by atoms with E-state index in [0.717, 1.165) is 54.5 Å². The average molecular weight is 290 g/mol. The van der Waals surface area contributed by atoms with Crippen molar-refractivity contribution in [2.24, 2.45) is 0 Å². The smallest absolute Gasteiger partial charge is 0.0858 e. The number of halogens is 1. The Morgan fingerprint density at radius 3 is 2.75 bits per heavy atom. The molecule has 4 heteroatoms. The maximum Gasteiger partial charge on any atom is 0.0858 e. The molecule has 3 nitrogen and oxygen atoms in total. The molecule has 0 saturated carbocycles. The second kappa shape index (κ2) is 5.58. The number of piperazine rings is 1. The zero-order valence-electron chi connectivity index (χ0n) is 12.0. The molecule has 1 aliphatic rings. The first-order valence-electron chi connectivity index (χ1n) is 7.25. The first kappa shape index (κ1) is 13.7. The molecule has 1 aliphatic heterocycles. The molecule has 1 fully saturated rings. The van der Waals surface area contributed by atoms with Crippen LogP contribution in [0.3, 0.4) is 0 Å². The highest BCUT2D eigenvalue weighted by atomic mass is 35.5. The molecule has 0 unspecified atom stereocenters. The van der Waals surface area contributed by atoms with Gasteiger partial charge in [-0.15, -0.1) is 0 Å². The fourth-order valence-electron chi connectivity index (χ4n) is 2.81. The minimum atomic E-state index is 0.799. The van der Waals surface area contributed by atoms with Crippen molar-refractivity contribution in [1.29, 1.82) is 0 Å². The Balaban J connectivity index is 2.22. The Labute approximate surface area is 124 Å². The van der Waals surface area contributed by atoms with E-state index in [1.54, 1.807) is 0 Å². The van der Waals surface area contributed by atoms with Gasteiger partial charge in [0.05, 0.1) is 21.9 Å². The summed E-state index contributed by atoms with van der Waals surface area (Å²) in [7, 11) is 0. The quantitative estimate of drug-likeness (QED) is 0.920. The minimum absolute atomic E-state index is 0.799. The van der Waals surface area contributed by atoms with Crippen LogP contribution in [0, 0.1) is 6.92 Å². The lowest BCUT2D eigenvalue weighted by Gasteiger charge is -2.31. The number of pyridine rings is 1. The zero-order valence-corrected chi connectivity index (χ0v) is 12.8. The molecule has 0 aliphatic carbocycles. The van der Waals surface area contributed by atoms with Gasteiger partial charge < -0.3 is 10.2 Å². The summed E-state index contributed by atoms with van der Waals surface area (Å²) >= 11 is 6.58. The summed E-state index contributed by atoms with van der Waals surface area (Å²) < 4.78 is 0. The number of fused-ring (bicyclic) bond motifs is 1. The van der Waals surface area contributed by atoms with Crippen molar-refractivity contribution in [3.8, 4) is 0 Å². The van der Waals surface area contributed by atoms with Crippen LogP contribution in [0.2, 0.25) is 5.02 Å². The standard InChI is InChI=1S/C16H20ClN3/c1-3-12-4-5-14-13(10-12)16(15(17)11(2)19-14)20-8-6-18-7-9-20/h4-5,10,18H,3,6-9H2,1-2H3. The summed E-state index contributed by atoms with van der Waals surface area (Å²) in [5.41, 5.74) is 4.44. The van der Waals surface area contributed by atoms with Crippen LogP contribution in [0.5, 0.6) is 0 Å². The number of rotatable bonds is 2. The van der Waals surface area contributed by atoms with E-state index < -0.39 is 0 Å². The molecule has 0 spiro atoms. The summed E-state index contributed by atoms with van der Waals surface area (Å²) in [6, 6.07) is 6.51. The van der Waals surface area contributed by atoms with Crippen molar-refractivity contribution in [2.75, 3.05) is 31.1 Å². The van der Waals surface area contributed by atoms with Crippen molar-refractivity contribution in [3.63, 3.8) is 0 Å². The fourth-order valence-corrected chi connectivity index (χ4v) is 3.07. The lowest BCUT2D eigenvalue weighted by molar-refractivity contribution is 0.590. The normalized spacial score (nSPS) is 15.8. The zero-order chi connectivity index (χ0) is 14.1. The second-order valence-corrected chi connectivity index (χ2v) is 5.68. The molecule has 2 heterocycles. The number of nitrogens with one attached hydrogen (secondary N) is 1. The first-order chi connectivity index (χ1) is 9.70. The van der Waals surface area contributed by atoms with Crippen molar-refractivity contribution in [1.82, 2.24) is 10.3 Å². The molecule has 1 aromatic carbocycles. The third-order valence-electron chi connectivity index (χ3n) is 3.97. The highest BCUT2D eigenvalue weighted by molar-refractivity contribution is 6.35. The van der Waals surface area contributed by atoms with Crippen LogP contribution >= 0.6 is 11.6 Å². The molecule has 1 aromatic heterocycles. The van der Waals surface area contributed by atoms with Crippen molar-refractivity contribution >= 4 is 28.2 Å². The number of aryl methyl sites for hydroxylation is 2. The van der Waals surface area contributed by atoms with Crippen LogP contribution < -0.4 is 10.2 Å². The van der Waals surface area contributed by atoms with Gasteiger partial charge in [-0.2, -0.15) is 0 Å². The van der Waals surface area contributed by atoms with Crippen LogP contribution in [0.25, 0.3) is 10.9 Å². The molecule has 106 valence electrons. The second-order valence-electron chi connectivity index (χ2n) is 5.30. The van der Waals surface area contributed by atoms with Gasteiger partial charge in [0, 0.05) is 31.6 Å². The molecule has 2 aromatic rings. The molecule has 1 saturated heterocycles. The van der Waals surface area contributed by atoms with E-state index in [0.29, 0.717) is 0 Å². The maximum absolute atomic E-state index is 6.58. The van der Waals surface area contributed by atoms with Crippen LogP contribution in [0.1, 0.15) is 18.2 Å². The molecule has 20 heavy (non-hydrogen) atoms. The third kappa shape index (κ3) is 2.36. The van der Waals surface area contributed by atoms with E-state index in [2.05, 4.69) is 40.3 Å². The molecule has 0 amide bonds. The summed E-state index contributed by atoms with van der Waals surface area (Å²) in [4.78, 5) is 7.02. The highest BCUT2D eigenvalue weighted by Crippen LogP contribution is 2.36. The summed E-state index contributed by atoms with van der Waals surface area (Å²) in [5, 5.41) is 5.37. The van der Waals surface area contributed by atoms with Gasteiger partial charge in [0.2, 0.25) is 0 Å². The Bertz CT molecular complexity index is 633. The predicted octanol–water partition coefficient (Wildman–Crippen LogP) is 3.17. The van der Waals surface area contributed by atoms with E-state index >= 15 is 0 Å². The van der Waals surface area contributed by atoms with E-state index in [-0.39, 0.29) is 0 Å². The number of benzene rings is 1. The largest absolute Gasteiger partial charge is 0.367 e. The van der Waals surface area contributed by atoms with Gasteiger partial charge in [-0.1, -0.05) is 24.6 Å². The van der Waals surface area contributed by atoms with Crippen molar-refractivity contribution in [2.45, 2.75) is 20.3 Å². The van der Waals surface area contributed by atoms with E-state index in [1.165, 1.54) is 10.9 Å². The Hall–Kier alpha value is -1.32. The molecular formula is C16H20ClN3. The van der Waals surface area contributed by atoms with Gasteiger partial charge in [0.15, 0.2) is 0 Å². The first-order valence-corrected chi connectivity index (χ1v) is 7.63. The van der Waals surface area contributed by atoms with Gasteiger partial charge in [-0.3, -0.25) is 4.98 Å². The van der Waals surface area contributed by atoms with Gasteiger partial charge in [-0.25, -0.2) is 0 Å². The third-order valence-corrected chi connectivity index (χ3v) is 4.42. The Morgan fingerprint density at radius 2 is 2.05 bits per heavy atom. The molecule has 0 radical (unpaired) electrons. The molecule has 1 N–H and O–H groups in total. The monoisotopic (exact) mass is 289 g/mol. The number of aromatic nitrogens is 1. The fraction of sp³-hybridized carbons (Fsp3) is 0.438. The molecular weight excluding hydrogens is 270 g/mol. The molecule has 3 rings (SSSR count). The topological polar surface area (TPSA) is 28.2 Å². The SMILES string of the molecule is CCc1ccc2nc(C)c(Cl)c(N3CCNCC3)c2c1. The van der Waals surface area contributed by atoms with Crippen LogP contribution in [0.15, 0.2) is 18.2 Å². The Kier molecular flexibility index (Phi) is 3.81. The van der Waals surface area contributed by atoms with Crippen molar-refractivity contribution < 1.29 is 0 Å². The van der Waals surface area contributed by atoms with Gasteiger partial charge >= 0.3 is 0 Å². The summed E-state index contributed by atoms with van der Waals surface area (Å²) in [6.07, 6.45) is 1.03. The lowest BCUT2D eigenvalue weighted by Crippen LogP contribution is -2.43. The summed E-state index contributed by atoms with van der Waals surface area (Å²) in [6.45, 7) is 8.17. The Morgan fingerprint density at radius 1 is 1.30 bits per heavy atom. The molecule has 0 bridgehead atoms.